The largest absolute Gasteiger partial charge is 0.369 e. The quantitative estimate of drug-likeness (QED) is 0.687. The number of pyridine rings is 1. The molecule has 3 atom stereocenters. The molecule has 0 radical (unpaired) electrons. The summed E-state index contributed by atoms with van der Waals surface area (Å²) in [5.41, 5.74) is 5.60. The van der Waals surface area contributed by atoms with E-state index >= 15 is 0 Å². The SMILES string of the molecule is C[C@H]1OC(C)(C)O[C@@H]1[C@@H]1CNc2nc(N)[nH]c(=O)c2N1C(=O)c1cccnc1. The molecule has 4 rings (SSSR count). The van der Waals surface area contributed by atoms with Gasteiger partial charge in [0.15, 0.2) is 17.3 Å². The van der Waals surface area contributed by atoms with Crippen LogP contribution in [0, 0.1) is 0 Å². The maximum Gasteiger partial charge on any atom is 0.278 e. The van der Waals surface area contributed by atoms with E-state index < -0.39 is 23.5 Å². The minimum absolute atomic E-state index is 0.0292. The zero-order valence-corrected chi connectivity index (χ0v) is 15.8. The van der Waals surface area contributed by atoms with E-state index in [0.717, 1.165) is 0 Å². The van der Waals surface area contributed by atoms with Crippen molar-refractivity contribution in [2.75, 3.05) is 22.5 Å². The first-order valence-electron chi connectivity index (χ1n) is 9.00. The predicted octanol–water partition coefficient (Wildman–Crippen LogP) is 0.728. The van der Waals surface area contributed by atoms with Crippen molar-refractivity contribution in [2.24, 2.45) is 0 Å². The molecular formula is C18H22N6O4. The van der Waals surface area contributed by atoms with Gasteiger partial charge in [-0.05, 0) is 32.9 Å². The van der Waals surface area contributed by atoms with Gasteiger partial charge in [0.05, 0.1) is 17.7 Å². The topological polar surface area (TPSA) is 135 Å². The van der Waals surface area contributed by atoms with Crippen molar-refractivity contribution in [3.05, 3.63) is 40.4 Å². The van der Waals surface area contributed by atoms with Gasteiger partial charge in [0.1, 0.15) is 6.10 Å². The number of nitrogens with one attached hydrogen (secondary N) is 2. The van der Waals surface area contributed by atoms with Crippen LogP contribution in [0.2, 0.25) is 0 Å². The molecule has 28 heavy (non-hydrogen) atoms. The number of aromatic amines is 1. The van der Waals surface area contributed by atoms with Crippen LogP contribution in [0.25, 0.3) is 0 Å². The second-order valence-electron chi connectivity index (χ2n) is 7.32. The van der Waals surface area contributed by atoms with E-state index in [9.17, 15) is 9.59 Å². The number of anilines is 3. The monoisotopic (exact) mass is 386 g/mol. The minimum Gasteiger partial charge on any atom is -0.369 e. The van der Waals surface area contributed by atoms with Gasteiger partial charge in [-0.3, -0.25) is 24.5 Å². The van der Waals surface area contributed by atoms with Gasteiger partial charge in [0.2, 0.25) is 5.95 Å². The van der Waals surface area contributed by atoms with Crippen LogP contribution in [0.4, 0.5) is 17.5 Å². The average Bonchev–Trinajstić information content (AvgIpc) is 2.93. The molecule has 10 nitrogen and oxygen atoms in total. The van der Waals surface area contributed by atoms with Gasteiger partial charge in [-0.2, -0.15) is 4.98 Å². The Balaban J connectivity index is 1.82. The van der Waals surface area contributed by atoms with E-state index in [0.29, 0.717) is 12.1 Å². The summed E-state index contributed by atoms with van der Waals surface area (Å²) in [6.07, 6.45) is 2.30. The molecule has 0 bridgehead atoms. The van der Waals surface area contributed by atoms with Crippen molar-refractivity contribution in [3.63, 3.8) is 0 Å². The summed E-state index contributed by atoms with van der Waals surface area (Å²) in [7, 11) is 0. The van der Waals surface area contributed by atoms with Crippen molar-refractivity contribution < 1.29 is 14.3 Å². The van der Waals surface area contributed by atoms with Crippen LogP contribution in [-0.4, -0.2) is 51.4 Å². The Labute approximate surface area is 161 Å². The maximum atomic E-state index is 13.4. The lowest BCUT2D eigenvalue weighted by molar-refractivity contribution is -0.146. The molecule has 0 saturated carbocycles. The van der Waals surface area contributed by atoms with E-state index in [1.807, 2.05) is 20.8 Å². The van der Waals surface area contributed by atoms with E-state index in [1.54, 1.807) is 18.3 Å². The molecule has 1 fully saturated rings. The number of fused-ring (bicyclic) bond motifs is 1. The molecule has 2 aliphatic rings. The lowest BCUT2D eigenvalue weighted by atomic mass is 10.0. The molecule has 0 unspecified atom stereocenters. The number of hydrogen-bond donors (Lipinski definition) is 3. The predicted molar refractivity (Wildman–Crippen MR) is 102 cm³/mol. The van der Waals surface area contributed by atoms with Gasteiger partial charge < -0.3 is 20.5 Å². The number of carbonyl (C=O) groups excluding carboxylic acids is 1. The van der Waals surface area contributed by atoms with Crippen molar-refractivity contribution >= 4 is 23.4 Å². The Morgan fingerprint density at radius 1 is 1.39 bits per heavy atom. The van der Waals surface area contributed by atoms with E-state index in [1.165, 1.54) is 11.1 Å². The van der Waals surface area contributed by atoms with Crippen LogP contribution in [-0.2, 0) is 9.47 Å². The molecule has 0 aromatic carbocycles. The number of nitrogen functional groups attached to an aromatic ring is 1. The number of ether oxygens (including phenoxy) is 2. The molecule has 1 amide bonds. The Kier molecular flexibility index (Phi) is 4.31. The smallest absolute Gasteiger partial charge is 0.278 e. The van der Waals surface area contributed by atoms with Crippen LogP contribution >= 0.6 is 0 Å². The summed E-state index contributed by atoms with van der Waals surface area (Å²) in [5, 5.41) is 3.10. The second kappa shape index (κ2) is 6.57. The third kappa shape index (κ3) is 3.10. The summed E-state index contributed by atoms with van der Waals surface area (Å²) >= 11 is 0. The van der Waals surface area contributed by atoms with E-state index in [2.05, 4.69) is 20.3 Å². The normalized spacial score (nSPS) is 25.8. The van der Waals surface area contributed by atoms with Gasteiger partial charge in [0.25, 0.3) is 11.5 Å². The summed E-state index contributed by atoms with van der Waals surface area (Å²) in [6, 6.07) is 2.81. The van der Waals surface area contributed by atoms with Gasteiger partial charge in [-0.25, -0.2) is 0 Å². The standard InChI is InChI=1S/C18H22N6O4/c1-9-13(28-18(2,3)27-9)11-8-21-14-12(15(25)23-17(19)22-14)24(11)16(26)10-5-4-6-20-7-10/h4-7,9,11,13H,8H2,1-3H3,(H4,19,21,22,23,25)/t9-,11+,13+/m1/s1. The molecule has 1 saturated heterocycles. The van der Waals surface area contributed by atoms with Gasteiger partial charge in [0, 0.05) is 18.9 Å². The third-order valence-corrected chi connectivity index (χ3v) is 4.82. The molecule has 2 aromatic heterocycles. The summed E-state index contributed by atoms with van der Waals surface area (Å²) < 4.78 is 11.9. The third-order valence-electron chi connectivity index (χ3n) is 4.82. The minimum atomic E-state index is -0.792. The molecule has 2 aliphatic heterocycles. The van der Waals surface area contributed by atoms with E-state index in [4.69, 9.17) is 15.2 Å². The summed E-state index contributed by atoms with van der Waals surface area (Å²) in [5.74, 6) is -0.948. The van der Waals surface area contributed by atoms with Gasteiger partial charge in [-0.15, -0.1) is 0 Å². The highest BCUT2D eigenvalue weighted by atomic mass is 16.8. The Morgan fingerprint density at radius 2 is 2.18 bits per heavy atom. The molecule has 0 spiro atoms. The van der Waals surface area contributed by atoms with Crippen molar-refractivity contribution in [3.8, 4) is 0 Å². The highest BCUT2D eigenvalue weighted by Crippen LogP contribution is 2.36. The highest BCUT2D eigenvalue weighted by Gasteiger charge is 2.48. The van der Waals surface area contributed by atoms with Crippen LogP contribution in [0.3, 0.4) is 0 Å². The zero-order chi connectivity index (χ0) is 20.1. The molecule has 0 aliphatic carbocycles. The molecule has 4 heterocycles. The Hall–Kier alpha value is -2.98. The fourth-order valence-electron chi connectivity index (χ4n) is 3.79. The van der Waals surface area contributed by atoms with Crippen molar-refractivity contribution in [1.29, 1.82) is 0 Å². The Morgan fingerprint density at radius 3 is 2.82 bits per heavy atom. The zero-order valence-electron chi connectivity index (χ0n) is 15.8. The molecule has 148 valence electrons. The maximum absolute atomic E-state index is 13.4. The lowest BCUT2D eigenvalue weighted by Gasteiger charge is -2.39. The number of aromatic nitrogens is 3. The summed E-state index contributed by atoms with van der Waals surface area (Å²) in [6.45, 7) is 5.84. The van der Waals surface area contributed by atoms with Crippen LogP contribution in [0.5, 0.6) is 0 Å². The van der Waals surface area contributed by atoms with Crippen LogP contribution < -0.4 is 21.5 Å². The number of H-pyrrole nitrogens is 1. The molecule has 4 N–H and O–H groups in total. The average molecular weight is 386 g/mol. The highest BCUT2D eigenvalue weighted by molar-refractivity contribution is 6.08. The molecule has 10 heteroatoms. The number of nitrogens with two attached hydrogens (primary N) is 1. The van der Waals surface area contributed by atoms with Gasteiger partial charge in [-0.1, -0.05) is 0 Å². The van der Waals surface area contributed by atoms with Crippen molar-refractivity contribution in [1.82, 2.24) is 15.0 Å². The fraction of sp³-hybridized carbons (Fsp3) is 0.444. The summed E-state index contributed by atoms with van der Waals surface area (Å²) in [4.78, 5) is 38.1. The van der Waals surface area contributed by atoms with Gasteiger partial charge >= 0.3 is 0 Å². The fourth-order valence-corrected chi connectivity index (χ4v) is 3.79. The first-order chi connectivity index (χ1) is 13.3. The number of amides is 1. The van der Waals surface area contributed by atoms with Crippen molar-refractivity contribution in [2.45, 2.75) is 44.8 Å². The van der Waals surface area contributed by atoms with Crippen LogP contribution in [0.1, 0.15) is 31.1 Å². The molecular weight excluding hydrogens is 364 g/mol. The number of hydrogen-bond acceptors (Lipinski definition) is 8. The first-order valence-corrected chi connectivity index (χ1v) is 9.00. The number of nitrogens with zero attached hydrogens (tertiary/aromatic N) is 3. The number of carbonyl (C=O) groups is 1. The first kappa shape index (κ1) is 18.4. The molecule has 2 aromatic rings. The Bertz CT molecular complexity index is 960. The van der Waals surface area contributed by atoms with Crippen LogP contribution in [0.15, 0.2) is 29.3 Å². The van der Waals surface area contributed by atoms with E-state index in [-0.39, 0.29) is 29.5 Å². The lowest BCUT2D eigenvalue weighted by Crippen LogP contribution is -2.57. The number of rotatable bonds is 2. The second-order valence-corrected chi connectivity index (χ2v) is 7.32.